The summed E-state index contributed by atoms with van der Waals surface area (Å²) in [5, 5.41) is 0. The smallest absolute Gasteiger partial charge is 0.167 e. The molecule has 0 aliphatic heterocycles. The minimum atomic E-state index is -0.458. The number of nitrogens with two attached hydrogens (primary N) is 1. The number of ether oxygens (including phenoxy) is 2. The molecule has 0 heterocycles. The highest BCUT2D eigenvalue weighted by molar-refractivity contribution is 5.56. The molecule has 0 radical (unpaired) electrons. The SMILES string of the molecule is CCCC(C)COc1cc(OC(C)C)c(F)cc1N. The first-order chi connectivity index (χ1) is 8.93. The van der Waals surface area contributed by atoms with Crippen LogP contribution in [0.15, 0.2) is 12.1 Å². The van der Waals surface area contributed by atoms with Gasteiger partial charge in [-0.15, -0.1) is 0 Å². The summed E-state index contributed by atoms with van der Waals surface area (Å²) in [5.74, 6) is 0.659. The fourth-order valence-corrected chi connectivity index (χ4v) is 1.83. The number of benzene rings is 1. The topological polar surface area (TPSA) is 44.5 Å². The maximum Gasteiger partial charge on any atom is 0.167 e. The van der Waals surface area contributed by atoms with E-state index < -0.39 is 5.82 Å². The van der Waals surface area contributed by atoms with Gasteiger partial charge in [-0.25, -0.2) is 4.39 Å². The quantitative estimate of drug-likeness (QED) is 0.761. The van der Waals surface area contributed by atoms with Crippen molar-refractivity contribution < 1.29 is 13.9 Å². The average molecular weight is 269 g/mol. The first kappa shape index (κ1) is 15.6. The fraction of sp³-hybridized carbons (Fsp3) is 0.600. The summed E-state index contributed by atoms with van der Waals surface area (Å²) in [6.07, 6.45) is 2.12. The molecule has 0 saturated heterocycles. The van der Waals surface area contributed by atoms with E-state index in [0.717, 1.165) is 12.8 Å². The summed E-state index contributed by atoms with van der Waals surface area (Å²) in [5.41, 5.74) is 6.06. The molecule has 1 unspecified atom stereocenters. The number of halogens is 1. The van der Waals surface area contributed by atoms with Crippen LogP contribution in [-0.2, 0) is 0 Å². The molecule has 1 rings (SSSR count). The molecule has 2 N–H and O–H groups in total. The monoisotopic (exact) mass is 269 g/mol. The zero-order chi connectivity index (χ0) is 14.4. The Kier molecular flexibility index (Phi) is 5.93. The Hall–Kier alpha value is -1.45. The standard InChI is InChI=1S/C15H24FNO2/c1-5-6-11(4)9-18-15-8-14(19-10(2)3)12(16)7-13(15)17/h7-8,10-11H,5-6,9,17H2,1-4H3. The molecule has 1 aromatic rings. The highest BCUT2D eigenvalue weighted by Gasteiger charge is 2.12. The highest BCUT2D eigenvalue weighted by atomic mass is 19.1. The minimum absolute atomic E-state index is 0.0926. The molecule has 0 bridgehead atoms. The van der Waals surface area contributed by atoms with Crippen molar-refractivity contribution in [3.63, 3.8) is 0 Å². The maximum absolute atomic E-state index is 13.6. The largest absolute Gasteiger partial charge is 0.491 e. The van der Waals surface area contributed by atoms with Crippen molar-refractivity contribution >= 4 is 5.69 Å². The molecule has 1 atom stereocenters. The lowest BCUT2D eigenvalue weighted by molar-refractivity contribution is 0.225. The van der Waals surface area contributed by atoms with Crippen molar-refractivity contribution in [1.29, 1.82) is 0 Å². The Morgan fingerprint density at radius 2 is 1.89 bits per heavy atom. The van der Waals surface area contributed by atoms with Crippen molar-refractivity contribution in [2.24, 2.45) is 5.92 Å². The predicted molar refractivity (Wildman–Crippen MR) is 76.1 cm³/mol. The molecule has 0 saturated carbocycles. The third kappa shape index (κ3) is 4.97. The van der Waals surface area contributed by atoms with Crippen molar-refractivity contribution in [2.45, 2.75) is 46.6 Å². The Morgan fingerprint density at radius 3 is 2.47 bits per heavy atom. The van der Waals surface area contributed by atoms with E-state index in [2.05, 4.69) is 13.8 Å². The summed E-state index contributed by atoms with van der Waals surface area (Å²) >= 11 is 0. The normalized spacial score (nSPS) is 12.5. The van der Waals surface area contributed by atoms with Crippen molar-refractivity contribution in [2.75, 3.05) is 12.3 Å². The summed E-state index contributed by atoms with van der Waals surface area (Å²) in [4.78, 5) is 0. The van der Waals surface area contributed by atoms with Gasteiger partial charge in [0.1, 0.15) is 5.75 Å². The van der Waals surface area contributed by atoms with Gasteiger partial charge in [0.2, 0.25) is 0 Å². The van der Waals surface area contributed by atoms with Gasteiger partial charge in [0.25, 0.3) is 0 Å². The lowest BCUT2D eigenvalue weighted by Gasteiger charge is -2.16. The van der Waals surface area contributed by atoms with Crippen LogP contribution in [0, 0.1) is 11.7 Å². The molecule has 0 aliphatic rings. The molecule has 19 heavy (non-hydrogen) atoms. The zero-order valence-electron chi connectivity index (χ0n) is 12.2. The van der Waals surface area contributed by atoms with E-state index in [4.69, 9.17) is 15.2 Å². The van der Waals surface area contributed by atoms with Gasteiger partial charge in [-0.1, -0.05) is 20.3 Å². The first-order valence-corrected chi connectivity index (χ1v) is 6.82. The van der Waals surface area contributed by atoms with Crippen LogP contribution < -0.4 is 15.2 Å². The second kappa shape index (κ2) is 7.22. The van der Waals surface area contributed by atoms with Crippen LogP contribution in [0.2, 0.25) is 0 Å². The van der Waals surface area contributed by atoms with E-state index in [1.54, 1.807) is 0 Å². The molecule has 4 heteroatoms. The minimum Gasteiger partial charge on any atom is -0.491 e. The Morgan fingerprint density at radius 1 is 1.21 bits per heavy atom. The van der Waals surface area contributed by atoms with E-state index in [1.165, 1.54) is 12.1 Å². The fourth-order valence-electron chi connectivity index (χ4n) is 1.83. The van der Waals surface area contributed by atoms with Gasteiger partial charge in [-0.05, 0) is 26.2 Å². The average Bonchev–Trinajstić information content (AvgIpc) is 2.31. The highest BCUT2D eigenvalue weighted by Crippen LogP contribution is 2.31. The van der Waals surface area contributed by atoms with Crippen molar-refractivity contribution in [1.82, 2.24) is 0 Å². The lowest BCUT2D eigenvalue weighted by Crippen LogP contribution is -2.11. The van der Waals surface area contributed by atoms with Gasteiger partial charge in [-0.3, -0.25) is 0 Å². The third-order valence-corrected chi connectivity index (χ3v) is 2.73. The van der Waals surface area contributed by atoms with Crippen LogP contribution in [-0.4, -0.2) is 12.7 Å². The number of nitrogen functional groups attached to an aromatic ring is 1. The molecular weight excluding hydrogens is 245 g/mol. The van der Waals surface area contributed by atoms with Gasteiger partial charge < -0.3 is 15.2 Å². The molecule has 3 nitrogen and oxygen atoms in total. The summed E-state index contributed by atoms with van der Waals surface area (Å²) in [6, 6.07) is 2.78. The predicted octanol–water partition coefficient (Wildman–Crippen LogP) is 4.01. The zero-order valence-corrected chi connectivity index (χ0v) is 12.2. The molecular formula is C15H24FNO2. The summed E-state index contributed by atoms with van der Waals surface area (Å²) < 4.78 is 24.7. The van der Waals surface area contributed by atoms with Gasteiger partial charge in [0.15, 0.2) is 11.6 Å². The van der Waals surface area contributed by atoms with Crippen LogP contribution in [0.1, 0.15) is 40.5 Å². The lowest BCUT2D eigenvalue weighted by atomic mass is 10.1. The van der Waals surface area contributed by atoms with Crippen LogP contribution in [0.3, 0.4) is 0 Å². The van der Waals surface area contributed by atoms with Crippen LogP contribution >= 0.6 is 0 Å². The van der Waals surface area contributed by atoms with E-state index in [9.17, 15) is 4.39 Å². The number of hydrogen-bond acceptors (Lipinski definition) is 3. The number of anilines is 1. The molecule has 0 fully saturated rings. The molecule has 108 valence electrons. The van der Waals surface area contributed by atoms with Crippen molar-refractivity contribution in [3.8, 4) is 11.5 Å². The van der Waals surface area contributed by atoms with Gasteiger partial charge in [0.05, 0.1) is 18.4 Å². The third-order valence-electron chi connectivity index (χ3n) is 2.73. The summed E-state index contributed by atoms with van der Waals surface area (Å²) in [6.45, 7) is 8.52. The molecule has 0 aromatic heterocycles. The maximum atomic E-state index is 13.6. The van der Waals surface area contributed by atoms with Crippen molar-refractivity contribution in [3.05, 3.63) is 17.9 Å². The Balaban J connectivity index is 2.77. The van der Waals surface area contributed by atoms with Crippen LogP contribution in [0.4, 0.5) is 10.1 Å². The van der Waals surface area contributed by atoms with E-state index in [-0.39, 0.29) is 11.9 Å². The molecule has 1 aromatic carbocycles. The molecule has 0 aliphatic carbocycles. The van der Waals surface area contributed by atoms with E-state index in [1.807, 2.05) is 13.8 Å². The second-order valence-electron chi connectivity index (χ2n) is 5.19. The Bertz CT molecular complexity index is 407. The van der Waals surface area contributed by atoms with Crippen LogP contribution in [0.5, 0.6) is 11.5 Å². The second-order valence-corrected chi connectivity index (χ2v) is 5.19. The molecule has 0 amide bonds. The van der Waals surface area contributed by atoms with Gasteiger partial charge in [0, 0.05) is 12.1 Å². The first-order valence-electron chi connectivity index (χ1n) is 6.82. The van der Waals surface area contributed by atoms with Gasteiger partial charge in [-0.2, -0.15) is 0 Å². The molecule has 0 spiro atoms. The van der Waals surface area contributed by atoms with Gasteiger partial charge >= 0.3 is 0 Å². The van der Waals surface area contributed by atoms with E-state index in [0.29, 0.717) is 24.0 Å². The Labute approximate surface area is 114 Å². The summed E-state index contributed by atoms with van der Waals surface area (Å²) in [7, 11) is 0. The number of rotatable bonds is 7. The van der Waals surface area contributed by atoms with Crippen LogP contribution in [0.25, 0.3) is 0 Å². The number of hydrogen-bond donors (Lipinski definition) is 1. The van der Waals surface area contributed by atoms with E-state index >= 15 is 0 Å².